The van der Waals surface area contributed by atoms with Crippen molar-refractivity contribution in [2.24, 2.45) is 0 Å². The fraction of sp³-hybridized carbons (Fsp3) is 0.214. The number of nitrogens with one attached hydrogen (secondary N) is 3. The zero-order valence-corrected chi connectivity index (χ0v) is 22.8. The highest BCUT2D eigenvalue weighted by Crippen LogP contribution is 2.47. The van der Waals surface area contributed by atoms with Crippen LogP contribution in [-0.2, 0) is 27.2 Å². The van der Waals surface area contributed by atoms with Crippen LogP contribution in [0.4, 0.5) is 16.2 Å². The van der Waals surface area contributed by atoms with Gasteiger partial charge >= 0.3 is 6.03 Å². The molecule has 39 heavy (non-hydrogen) atoms. The van der Waals surface area contributed by atoms with Crippen molar-refractivity contribution in [2.75, 3.05) is 16.8 Å². The minimum absolute atomic E-state index is 0. The second kappa shape index (κ2) is 9.89. The highest BCUT2D eigenvalue weighted by atomic mass is 35.5. The van der Waals surface area contributed by atoms with Gasteiger partial charge in [0.15, 0.2) is 0 Å². The number of fused-ring (bicyclic) bond motifs is 2. The standard InChI is InChI=1S/C28H22Cl2N4O4S.2H2/c29-17-6-8-20(30)19(10-17)23-11-25(36)34(21-3-1-2-4-22(21)39-23)14-24(35)31-18-7-5-15-12-28(13-16(15)9-18)26(37)32-27(38)33-28;;/h1-10,23H,11-14H2,(H,31,35)(H2,32,33,37,38);2*1H. The van der Waals surface area contributed by atoms with Crippen molar-refractivity contribution < 1.29 is 22.0 Å². The Labute approximate surface area is 241 Å². The van der Waals surface area contributed by atoms with Crippen LogP contribution in [0.25, 0.3) is 0 Å². The number of anilines is 2. The number of hydrogen-bond acceptors (Lipinski definition) is 5. The van der Waals surface area contributed by atoms with E-state index in [4.69, 9.17) is 23.2 Å². The molecule has 2 aliphatic heterocycles. The molecule has 2 unspecified atom stereocenters. The van der Waals surface area contributed by atoms with Crippen molar-refractivity contribution in [3.8, 4) is 0 Å². The van der Waals surface area contributed by atoms with E-state index in [0.29, 0.717) is 34.3 Å². The van der Waals surface area contributed by atoms with E-state index in [9.17, 15) is 19.2 Å². The number of imide groups is 1. The van der Waals surface area contributed by atoms with Gasteiger partial charge in [-0.05, 0) is 59.2 Å². The van der Waals surface area contributed by atoms with Gasteiger partial charge in [-0.15, -0.1) is 11.8 Å². The number of thioether (sulfide) groups is 1. The Morgan fingerprint density at radius 3 is 2.64 bits per heavy atom. The van der Waals surface area contributed by atoms with Crippen molar-refractivity contribution in [1.29, 1.82) is 0 Å². The lowest BCUT2D eigenvalue weighted by atomic mass is 9.96. The van der Waals surface area contributed by atoms with E-state index in [1.54, 1.807) is 24.3 Å². The molecule has 3 N–H and O–H groups in total. The van der Waals surface area contributed by atoms with Crippen LogP contribution >= 0.6 is 35.0 Å². The summed E-state index contributed by atoms with van der Waals surface area (Å²) in [7, 11) is 0. The van der Waals surface area contributed by atoms with Crippen LogP contribution in [0.2, 0.25) is 10.0 Å². The minimum Gasteiger partial charge on any atom is -0.325 e. The van der Waals surface area contributed by atoms with Crippen LogP contribution in [0.5, 0.6) is 0 Å². The monoisotopic (exact) mass is 584 g/mol. The molecule has 5 amide bonds. The second-order valence-corrected chi connectivity index (χ2v) is 11.9. The molecular formula is C28H26Cl2N4O4S. The molecule has 8 nitrogen and oxygen atoms in total. The molecule has 0 radical (unpaired) electrons. The van der Waals surface area contributed by atoms with Crippen LogP contribution in [0.3, 0.4) is 0 Å². The third-order valence-electron chi connectivity index (χ3n) is 7.18. The number of urea groups is 1. The molecule has 2 atom stereocenters. The number of carbonyl (C=O) groups excluding carboxylic acids is 4. The average Bonchev–Trinajstić information content (AvgIpc) is 3.35. The molecule has 0 aromatic heterocycles. The third-order valence-corrected chi connectivity index (χ3v) is 9.07. The lowest BCUT2D eigenvalue weighted by molar-refractivity contribution is -0.123. The summed E-state index contributed by atoms with van der Waals surface area (Å²) in [5.74, 6) is -0.910. The van der Waals surface area contributed by atoms with Gasteiger partial charge in [-0.1, -0.05) is 41.4 Å². The number of benzene rings is 3. The Kier molecular flexibility index (Phi) is 6.53. The second-order valence-electron chi connectivity index (χ2n) is 9.80. The highest BCUT2D eigenvalue weighted by Gasteiger charge is 2.50. The van der Waals surface area contributed by atoms with Crippen molar-refractivity contribution in [1.82, 2.24) is 10.6 Å². The first-order valence-corrected chi connectivity index (χ1v) is 13.9. The fourth-order valence-electron chi connectivity index (χ4n) is 5.36. The largest absolute Gasteiger partial charge is 0.325 e. The molecule has 6 rings (SSSR count). The molecule has 202 valence electrons. The van der Waals surface area contributed by atoms with Gasteiger partial charge in [0, 0.05) is 48.0 Å². The van der Waals surface area contributed by atoms with Gasteiger partial charge in [-0.2, -0.15) is 0 Å². The van der Waals surface area contributed by atoms with Crippen molar-refractivity contribution in [2.45, 2.75) is 34.9 Å². The van der Waals surface area contributed by atoms with Gasteiger partial charge in [-0.25, -0.2) is 4.79 Å². The Balaban J connectivity index is 0.00000194. The van der Waals surface area contributed by atoms with E-state index >= 15 is 0 Å². The van der Waals surface area contributed by atoms with Crippen LogP contribution in [-0.4, -0.2) is 35.8 Å². The maximum absolute atomic E-state index is 13.5. The molecular weight excluding hydrogens is 559 g/mol. The van der Waals surface area contributed by atoms with Gasteiger partial charge in [0.1, 0.15) is 12.1 Å². The van der Waals surface area contributed by atoms with Crippen molar-refractivity contribution >= 4 is 70.1 Å². The van der Waals surface area contributed by atoms with Gasteiger partial charge in [0.25, 0.3) is 5.91 Å². The smallest absolute Gasteiger partial charge is 0.322 e. The normalized spacial score (nSPS) is 21.7. The Morgan fingerprint density at radius 1 is 1.05 bits per heavy atom. The number of halogens is 2. The fourth-order valence-corrected chi connectivity index (χ4v) is 7.17. The number of amides is 5. The molecule has 3 aromatic carbocycles. The quantitative estimate of drug-likeness (QED) is 0.357. The Bertz CT molecular complexity index is 1580. The van der Waals surface area contributed by atoms with Crippen molar-refractivity contribution in [3.05, 3.63) is 87.4 Å². The number of hydrogen-bond donors (Lipinski definition) is 3. The van der Waals surface area contributed by atoms with E-state index in [1.165, 1.54) is 16.7 Å². The Morgan fingerprint density at radius 2 is 1.85 bits per heavy atom. The highest BCUT2D eigenvalue weighted by molar-refractivity contribution is 7.99. The molecule has 3 aliphatic rings. The lowest BCUT2D eigenvalue weighted by Gasteiger charge is -2.22. The molecule has 1 saturated heterocycles. The van der Waals surface area contributed by atoms with Gasteiger partial charge in [0.05, 0.1) is 5.69 Å². The summed E-state index contributed by atoms with van der Waals surface area (Å²) in [6.07, 6.45) is 0.871. The van der Waals surface area contributed by atoms with Gasteiger partial charge in [0.2, 0.25) is 11.8 Å². The number of para-hydroxylation sites is 1. The average molecular weight is 586 g/mol. The summed E-state index contributed by atoms with van der Waals surface area (Å²) in [6.45, 7) is -0.175. The summed E-state index contributed by atoms with van der Waals surface area (Å²) in [6, 6.07) is 17.6. The predicted octanol–water partition coefficient (Wildman–Crippen LogP) is 5.37. The molecule has 0 saturated carbocycles. The van der Waals surface area contributed by atoms with E-state index < -0.39 is 11.6 Å². The van der Waals surface area contributed by atoms with Gasteiger partial charge < -0.3 is 15.5 Å². The summed E-state index contributed by atoms with van der Waals surface area (Å²) < 4.78 is 0. The molecule has 1 fully saturated rings. The maximum atomic E-state index is 13.5. The van der Waals surface area contributed by atoms with Gasteiger partial charge in [-0.3, -0.25) is 19.7 Å². The zero-order valence-electron chi connectivity index (χ0n) is 20.4. The molecule has 3 aromatic rings. The minimum atomic E-state index is -0.982. The first-order valence-electron chi connectivity index (χ1n) is 12.3. The number of carbonyl (C=O) groups is 4. The maximum Gasteiger partial charge on any atom is 0.322 e. The van der Waals surface area contributed by atoms with Crippen LogP contribution in [0, 0.1) is 0 Å². The van der Waals surface area contributed by atoms with Crippen LogP contribution in [0.1, 0.15) is 31.2 Å². The molecule has 0 bridgehead atoms. The molecule has 1 aliphatic carbocycles. The van der Waals surface area contributed by atoms with E-state index in [-0.39, 0.29) is 38.8 Å². The van der Waals surface area contributed by atoms with Crippen LogP contribution < -0.4 is 20.9 Å². The summed E-state index contributed by atoms with van der Waals surface area (Å²) in [5.41, 5.74) is 2.80. The lowest BCUT2D eigenvalue weighted by Crippen LogP contribution is -2.47. The number of rotatable bonds is 4. The third kappa shape index (κ3) is 4.86. The van der Waals surface area contributed by atoms with Crippen LogP contribution in [0.15, 0.2) is 65.6 Å². The van der Waals surface area contributed by atoms with E-state index in [1.807, 2.05) is 36.4 Å². The molecule has 2 heterocycles. The first kappa shape index (κ1) is 25.7. The molecule has 1 spiro atoms. The molecule has 11 heteroatoms. The summed E-state index contributed by atoms with van der Waals surface area (Å²) in [5, 5.41) is 8.71. The predicted molar refractivity (Wildman–Crippen MR) is 155 cm³/mol. The van der Waals surface area contributed by atoms with Crippen molar-refractivity contribution in [3.63, 3.8) is 0 Å². The zero-order chi connectivity index (χ0) is 27.3. The summed E-state index contributed by atoms with van der Waals surface area (Å²) in [4.78, 5) is 53.1. The topological polar surface area (TPSA) is 108 Å². The summed E-state index contributed by atoms with van der Waals surface area (Å²) >= 11 is 14.2. The SMILES string of the molecule is O=C(CN1C(=O)CC(c2cc(Cl)ccc2Cl)Sc2ccccc21)Nc1ccc2c(c1)CC1(C2)NC(=O)NC1=O.[HH].[HH]. The Hall–Kier alpha value is -3.53. The van der Waals surface area contributed by atoms with E-state index in [2.05, 4.69) is 16.0 Å². The van der Waals surface area contributed by atoms with E-state index in [0.717, 1.165) is 21.6 Å². The first-order chi connectivity index (χ1) is 18.7. The number of nitrogens with zero attached hydrogens (tertiary/aromatic N) is 1.